The van der Waals surface area contributed by atoms with Gasteiger partial charge in [-0.2, -0.15) is 9.97 Å². The van der Waals surface area contributed by atoms with Gasteiger partial charge in [-0.05, 0) is 0 Å². The van der Waals surface area contributed by atoms with Gasteiger partial charge >= 0.3 is 6.01 Å². The summed E-state index contributed by atoms with van der Waals surface area (Å²) in [5, 5.41) is 0. The second-order valence-electron chi connectivity index (χ2n) is 1.17. The summed E-state index contributed by atoms with van der Waals surface area (Å²) in [5.74, 6) is 0. The van der Waals surface area contributed by atoms with Crippen molar-refractivity contribution in [3.63, 3.8) is 0 Å². The first kappa shape index (κ1) is 6.22. The summed E-state index contributed by atoms with van der Waals surface area (Å²) in [7, 11) is 0. The second-order valence-corrected chi connectivity index (χ2v) is 1.39. The van der Waals surface area contributed by atoms with Gasteiger partial charge in [-0.3, -0.25) is 0 Å². The van der Waals surface area contributed by atoms with Crippen LogP contribution in [0.4, 0.5) is 0 Å². The van der Waals surface area contributed by atoms with Crippen LogP contribution in [0.1, 0.15) is 0 Å². The quantitative estimate of drug-likeness (QED) is 0.567. The predicted molar refractivity (Wildman–Crippen MR) is 31.2 cm³/mol. The maximum atomic E-state index is 5.21. The van der Waals surface area contributed by atoms with Crippen molar-refractivity contribution < 1.29 is 4.74 Å². The summed E-state index contributed by atoms with van der Waals surface area (Å²) in [6.45, 7) is 0. The van der Waals surface area contributed by atoms with Crippen LogP contribution < -0.4 is 4.74 Å². The Hall–Kier alpha value is -0.900. The maximum absolute atomic E-state index is 5.21. The average Bonchev–Trinajstić information content (AvgIpc) is 1.91. The van der Waals surface area contributed by atoms with Crippen LogP contribution in [0.25, 0.3) is 0 Å². The Balaban J connectivity index is 2.61. The van der Waals surface area contributed by atoms with Crippen molar-refractivity contribution >= 4 is 11.6 Å². The highest BCUT2D eigenvalue weighted by molar-refractivity contribution is 6.17. The van der Waals surface area contributed by atoms with E-state index in [1.807, 2.05) is 0 Å². The molecule has 0 amide bonds. The number of aromatic nitrogens is 3. The molecule has 0 spiro atoms. The molecule has 4 nitrogen and oxygen atoms in total. The van der Waals surface area contributed by atoms with Crippen molar-refractivity contribution in [2.24, 2.45) is 0 Å². The predicted octanol–water partition coefficient (Wildman–Crippen LogP) is 0.447. The summed E-state index contributed by atoms with van der Waals surface area (Å²) in [6, 6.07) is 0.310. The summed E-state index contributed by atoms with van der Waals surface area (Å²) >= 11 is 5.21. The minimum atomic E-state index is 0.0595. The molecule has 0 saturated carbocycles. The van der Waals surface area contributed by atoms with Gasteiger partial charge in [0.15, 0.2) is 6.07 Å². The Labute approximate surface area is 56.9 Å². The van der Waals surface area contributed by atoms with Gasteiger partial charge in [0.2, 0.25) is 0 Å². The number of halogens is 1. The van der Waals surface area contributed by atoms with Crippen LogP contribution in [0.2, 0.25) is 0 Å². The molecule has 1 heterocycles. The van der Waals surface area contributed by atoms with E-state index in [4.69, 9.17) is 16.3 Å². The van der Waals surface area contributed by atoms with Crippen LogP contribution in [0.15, 0.2) is 12.7 Å². The summed E-state index contributed by atoms with van der Waals surface area (Å²) in [4.78, 5) is 10.9. The van der Waals surface area contributed by atoms with E-state index in [2.05, 4.69) is 15.0 Å². The van der Waals surface area contributed by atoms with Gasteiger partial charge in [0, 0.05) is 0 Å². The molecule has 0 aromatic carbocycles. The molecule has 9 heavy (non-hydrogen) atoms. The van der Waals surface area contributed by atoms with E-state index in [0.29, 0.717) is 0 Å². The fraction of sp³-hybridized carbons (Fsp3) is 0.250. The minimum Gasteiger partial charge on any atom is -0.447 e. The van der Waals surface area contributed by atoms with Crippen LogP contribution >= 0.6 is 11.6 Å². The topological polar surface area (TPSA) is 47.9 Å². The van der Waals surface area contributed by atoms with Crippen LogP contribution in [0.5, 0.6) is 6.01 Å². The van der Waals surface area contributed by atoms with Gasteiger partial charge in [-0.25, -0.2) is 4.98 Å². The number of alkyl halides is 1. The molecule has 0 atom stereocenters. The summed E-state index contributed by atoms with van der Waals surface area (Å²) in [5.41, 5.74) is 0. The lowest BCUT2D eigenvalue weighted by Gasteiger charge is -1.94. The lowest BCUT2D eigenvalue weighted by Crippen LogP contribution is -1.94. The van der Waals surface area contributed by atoms with Crippen molar-refractivity contribution in [3.8, 4) is 6.01 Å². The van der Waals surface area contributed by atoms with Crippen molar-refractivity contribution in [1.82, 2.24) is 15.0 Å². The minimum absolute atomic E-state index is 0.0595. The van der Waals surface area contributed by atoms with E-state index in [9.17, 15) is 0 Å². The van der Waals surface area contributed by atoms with Crippen molar-refractivity contribution in [1.29, 1.82) is 0 Å². The Morgan fingerprint density at radius 3 is 2.67 bits per heavy atom. The molecule has 0 saturated heterocycles. The van der Waals surface area contributed by atoms with Crippen molar-refractivity contribution in [3.05, 3.63) is 12.7 Å². The molecule has 1 aromatic heterocycles. The largest absolute Gasteiger partial charge is 0.447 e. The highest BCUT2D eigenvalue weighted by Gasteiger charge is 1.89. The van der Waals surface area contributed by atoms with E-state index in [1.165, 1.54) is 12.7 Å². The molecule has 0 aliphatic heterocycles. The second kappa shape index (κ2) is 3.19. The van der Waals surface area contributed by atoms with Crippen LogP contribution in [-0.4, -0.2) is 21.0 Å². The third-order valence-corrected chi connectivity index (χ3v) is 0.762. The molecule has 1 aromatic rings. The first-order chi connectivity index (χ1) is 4.43. The van der Waals surface area contributed by atoms with Crippen LogP contribution in [0, 0.1) is 0 Å². The first-order valence-corrected chi connectivity index (χ1v) is 2.77. The van der Waals surface area contributed by atoms with E-state index >= 15 is 0 Å². The monoisotopic (exact) mass is 145 g/mol. The molecular formula is C4H4ClN3O. The van der Waals surface area contributed by atoms with E-state index in [0.717, 1.165) is 0 Å². The summed E-state index contributed by atoms with van der Waals surface area (Å²) in [6.07, 6.45) is 2.68. The van der Waals surface area contributed by atoms with E-state index in [-0.39, 0.29) is 12.1 Å². The zero-order valence-corrected chi connectivity index (χ0v) is 5.25. The molecule has 0 aliphatic carbocycles. The van der Waals surface area contributed by atoms with Crippen molar-refractivity contribution in [2.75, 3.05) is 6.07 Å². The highest BCUT2D eigenvalue weighted by atomic mass is 35.5. The molecule has 0 unspecified atom stereocenters. The van der Waals surface area contributed by atoms with Gasteiger partial charge in [0.25, 0.3) is 0 Å². The average molecular weight is 146 g/mol. The number of hydrogen-bond acceptors (Lipinski definition) is 4. The third-order valence-electron chi connectivity index (χ3n) is 0.653. The molecule has 0 fully saturated rings. The lowest BCUT2D eigenvalue weighted by atomic mass is 11.0. The van der Waals surface area contributed by atoms with Gasteiger partial charge in [0.05, 0.1) is 0 Å². The molecule has 48 valence electrons. The molecule has 0 aliphatic rings. The zero-order valence-electron chi connectivity index (χ0n) is 4.49. The van der Waals surface area contributed by atoms with Gasteiger partial charge in [-0.1, -0.05) is 11.6 Å². The Morgan fingerprint density at radius 1 is 1.44 bits per heavy atom. The lowest BCUT2D eigenvalue weighted by molar-refractivity contribution is 0.354. The van der Waals surface area contributed by atoms with Crippen LogP contribution in [0.3, 0.4) is 0 Å². The van der Waals surface area contributed by atoms with Crippen LogP contribution in [-0.2, 0) is 0 Å². The SMILES string of the molecule is ClCOc1ncncn1. The van der Waals surface area contributed by atoms with Gasteiger partial charge in [0.1, 0.15) is 12.7 Å². The third kappa shape index (κ3) is 1.81. The molecule has 1 rings (SSSR count). The smallest absolute Gasteiger partial charge is 0.320 e. The molecular weight excluding hydrogens is 142 g/mol. The Kier molecular flexibility index (Phi) is 2.21. The molecule has 0 N–H and O–H groups in total. The standard InChI is InChI=1S/C4H4ClN3O/c5-1-9-4-7-2-6-3-8-4/h2-3H,1H2. The summed E-state index contributed by atoms with van der Waals surface area (Å²) < 4.78 is 4.71. The molecule has 5 heteroatoms. The van der Waals surface area contributed by atoms with Gasteiger partial charge in [-0.15, -0.1) is 0 Å². The Morgan fingerprint density at radius 2 is 2.11 bits per heavy atom. The Bertz CT molecular complexity index is 169. The van der Waals surface area contributed by atoms with E-state index in [1.54, 1.807) is 0 Å². The molecule has 0 bridgehead atoms. The maximum Gasteiger partial charge on any atom is 0.320 e. The number of hydrogen-bond donors (Lipinski definition) is 0. The molecule has 0 radical (unpaired) electrons. The number of rotatable bonds is 2. The first-order valence-electron chi connectivity index (χ1n) is 2.24. The van der Waals surface area contributed by atoms with E-state index < -0.39 is 0 Å². The fourth-order valence-corrected chi connectivity index (χ4v) is 0.450. The van der Waals surface area contributed by atoms with Crippen molar-refractivity contribution in [2.45, 2.75) is 0 Å². The zero-order chi connectivity index (χ0) is 6.53. The normalized spacial score (nSPS) is 9.00. The highest BCUT2D eigenvalue weighted by Crippen LogP contribution is 1.95. The van der Waals surface area contributed by atoms with Gasteiger partial charge < -0.3 is 4.74 Å². The fourth-order valence-electron chi connectivity index (χ4n) is 0.352. The number of nitrogens with zero attached hydrogens (tertiary/aromatic N) is 3. The number of ether oxygens (including phenoxy) is 1.